The molecule has 1 heterocycles. The third kappa shape index (κ3) is 7.19. The van der Waals surface area contributed by atoms with E-state index < -0.39 is 0 Å². The summed E-state index contributed by atoms with van der Waals surface area (Å²) in [5, 5.41) is 4.74. The molecule has 0 unspecified atom stereocenters. The van der Waals surface area contributed by atoms with Crippen molar-refractivity contribution in [2.75, 3.05) is 0 Å². The number of amidine groups is 1. The Bertz CT molecular complexity index is 2750. The van der Waals surface area contributed by atoms with Gasteiger partial charge in [0.2, 0.25) is 0 Å². The average molecular weight is 720 g/mol. The summed E-state index contributed by atoms with van der Waals surface area (Å²) in [4.78, 5) is 14.6. The van der Waals surface area contributed by atoms with Crippen molar-refractivity contribution in [1.29, 1.82) is 0 Å². The molecule has 0 amide bonds. The standard InChI is InChI=1S/C53H41N3/c1-4-17-39-20-15-28-45(44(39)5-2)52-48-26-12-10-24-46(48)51(47-25-11-13-27-49(47)52)41-21-14-22-42(34-41)53(56-50(6-3)40-18-8-7-9-19-40)55-35-37-29-31-38(32-30-37)43-23-16-33-54-36-43/h4-36H,2H2,1,3H3/b17-4-,50-6-,55-35?,56-53?. The molecule has 0 spiro atoms. The van der Waals surface area contributed by atoms with Gasteiger partial charge in [0.25, 0.3) is 0 Å². The highest BCUT2D eigenvalue weighted by atomic mass is 14.9. The van der Waals surface area contributed by atoms with Gasteiger partial charge in [0.15, 0.2) is 5.84 Å². The molecule has 0 bridgehead atoms. The van der Waals surface area contributed by atoms with Crippen LogP contribution in [-0.2, 0) is 0 Å². The average Bonchev–Trinajstić information content (AvgIpc) is 3.26. The van der Waals surface area contributed by atoms with Gasteiger partial charge in [-0.15, -0.1) is 0 Å². The second-order valence-electron chi connectivity index (χ2n) is 13.5. The molecule has 0 fully saturated rings. The lowest BCUT2D eigenvalue weighted by Gasteiger charge is -2.20. The fraction of sp³-hybridized carbons (Fsp3) is 0.0377. The van der Waals surface area contributed by atoms with Crippen molar-refractivity contribution in [1.82, 2.24) is 4.98 Å². The first kappa shape index (κ1) is 35.8. The molecule has 56 heavy (non-hydrogen) atoms. The number of pyridine rings is 1. The molecule has 8 rings (SSSR count). The molecule has 7 aromatic carbocycles. The normalized spacial score (nSPS) is 12.2. The van der Waals surface area contributed by atoms with Crippen molar-refractivity contribution >= 4 is 51.4 Å². The van der Waals surface area contributed by atoms with E-state index in [1.165, 1.54) is 38.2 Å². The maximum Gasteiger partial charge on any atom is 0.159 e. The molecule has 0 N–H and O–H groups in total. The van der Waals surface area contributed by atoms with Crippen LogP contribution in [0.1, 0.15) is 41.7 Å². The van der Waals surface area contributed by atoms with Crippen molar-refractivity contribution in [3.63, 3.8) is 0 Å². The summed E-state index contributed by atoms with van der Waals surface area (Å²) in [7, 11) is 0. The Labute approximate surface area is 329 Å². The SMILES string of the molecule is C=Cc1c(/C=C\C)cccc1-c1c2ccccc2c(-c2cccc(C(N=Cc3ccc(-c4cccnc4)cc3)=N/C(=C\C)c3ccccc3)c2)c2ccccc12. The molecule has 268 valence electrons. The van der Waals surface area contributed by atoms with Crippen molar-refractivity contribution in [3.8, 4) is 33.4 Å². The number of aromatic nitrogens is 1. The minimum atomic E-state index is 0.627. The summed E-state index contributed by atoms with van der Waals surface area (Å²) in [6, 6.07) is 55.3. The number of hydrogen-bond donors (Lipinski definition) is 0. The van der Waals surface area contributed by atoms with Gasteiger partial charge in [-0.3, -0.25) is 4.98 Å². The predicted molar refractivity (Wildman–Crippen MR) is 241 cm³/mol. The number of rotatable bonds is 9. The number of benzene rings is 7. The van der Waals surface area contributed by atoms with Gasteiger partial charge in [-0.2, -0.15) is 0 Å². The van der Waals surface area contributed by atoms with E-state index in [0.29, 0.717) is 5.84 Å². The molecule has 0 atom stereocenters. The molecule has 0 saturated heterocycles. The van der Waals surface area contributed by atoms with Crippen molar-refractivity contribution in [2.24, 2.45) is 9.98 Å². The van der Waals surface area contributed by atoms with Crippen LogP contribution in [-0.4, -0.2) is 17.0 Å². The second kappa shape index (κ2) is 16.4. The van der Waals surface area contributed by atoms with Gasteiger partial charge in [0.1, 0.15) is 0 Å². The summed E-state index contributed by atoms with van der Waals surface area (Å²) in [6.07, 6.45) is 13.8. The highest BCUT2D eigenvalue weighted by Crippen LogP contribution is 2.45. The molecule has 8 aromatic rings. The summed E-state index contributed by atoms with van der Waals surface area (Å²) < 4.78 is 0. The Morgan fingerprint density at radius 3 is 1.88 bits per heavy atom. The number of allylic oxidation sites excluding steroid dienone is 2. The highest BCUT2D eigenvalue weighted by molar-refractivity contribution is 6.22. The molecule has 1 aromatic heterocycles. The summed E-state index contributed by atoms with van der Waals surface area (Å²) in [6.45, 7) is 8.32. The Morgan fingerprint density at radius 1 is 0.589 bits per heavy atom. The van der Waals surface area contributed by atoms with E-state index in [2.05, 4.69) is 164 Å². The van der Waals surface area contributed by atoms with Crippen LogP contribution in [0.3, 0.4) is 0 Å². The summed E-state index contributed by atoms with van der Waals surface area (Å²) >= 11 is 0. The second-order valence-corrected chi connectivity index (χ2v) is 13.5. The van der Waals surface area contributed by atoms with E-state index >= 15 is 0 Å². The van der Waals surface area contributed by atoms with Crippen LogP contribution in [0.15, 0.2) is 199 Å². The van der Waals surface area contributed by atoms with Crippen LogP contribution in [0, 0.1) is 0 Å². The largest absolute Gasteiger partial charge is 0.264 e. The molecule has 0 saturated carbocycles. The third-order valence-corrected chi connectivity index (χ3v) is 10.1. The first-order chi connectivity index (χ1) is 27.7. The van der Waals surface area contributed by atoms with Gasteiger partial charge in [-0.25, -0.2) is 9.98 Å². The van der Waals surface area contributed by atoms with E-state index in [9.17, 15) is 0 Å². The van der Waals surface area contributed by atoms with Crippen LogP contribution < -0.4 is 0 Å². The number of hydrogen-bond acceptors (Lipinski definition) is 2. The Hall–Kier alpha value is -7.23. The van der Waals surface area contributed by atoms with Crippen molar-refractivity contribution in [3.05, 3.63) is 217 Å². The monoisotopic (exact) mass is 719 g/mol. The van der Waals surface area contributed by atoms with Gasteiger partial charge in [0, 0.05) is 24.2 Å². The predicted octanol–water partition coefficient (Wildman–Crippen LogP) is 14.0. The van der Waals surface area contributed by atoms with Crippen LogP contribution in [0.5, 0.6) is 0 Å². The van der Waals surface area contributed by atoms with Gasteiger partial charge < -0.3 is 0 Å². The van der Waals surface area contributed by atoms with Gasteiger partial charge >= 0.3 is 0 Å². The summed E-state index contributed by atoms with van der Waals surface area (Å²) in [5.74, 6) is 0.627. The zero-order chi connectivity index (χ0) is 38.3. The quantitative estimate of drug-likeness (QED) is 0.0831. The first-order valence-corrected chi connectivity index (χ1v) is 18.9. The lowest BCUT2D eigenvalue weighted by atomic mass is 9.83. The van der Waals surface area contributed by atoms with Crippen LogP contribution >= 0.6 is 0 Å². The highest BCUT2D eigenvalue weighted by Gasteiger charge is 2.19. The number of fused-ring (bicyclic) bond motifs is 2. The van der Waals surface area contributed by atoms with Crippen molar-refractivity contribution < 1.29 is 0 Å². The lowest BCUT2D eigenvalue weighted by Crippen LogP contribution is -2.01. The molecule has 0 radical (unpaired) electrons. The van der Waals surface area contributed by atoms with Crippen molar-refractivity contribution in [2.45, 2.75) is 13.8 Å². The van der Waals surface area contributed by atoms with Crippen LogP contribution in [0.2, 0.25) is 0 Å². The molecule has 3 nitrogen and oxygen atoms in total. The topological polar surface area (TPSA) is 37.6 Å². The smallest absolute Gasteiger partial charge is 0.159 e. The fourth-order valence-corrected chi connectivity index (χ4v) is 7.51. The molecule has 3 heteroatoms. The zero-order valence-electron chi connectivity index (χ0n) is 31.6. The lowest BCUT2D eigenvalue weighted by molar-refractivity contribution is 1.33. The molecular weight excluding hydrogens is 679 g/mol. The number of nitrogens with zero attached hydrogens (tertiary/aromatic N) is 3. The fourth-order valence-electron chi connectivity index (χ4n) is 7.51. The maximum absolute atomic E-state index is 5.23. The van der Waals surface area contributed by atoms with E-state index in [4.69, 9.17) is 9.98 Å². The third-order valence-electron chi connectivity index (χ3n) is 10.1. The minimum Gasteiger partial charge on any atom is -0.264 e. The minimum absolute atomic E-state index is 0.627. The molecule has 0 aliphatic carbocycles. The van der Waals surface area contributed by atoms with Gasteiger partial charge in [0.05, 0.1) is 5.70 Å². The van der Waals surface area contributed by atoms with E-state index in [1.54, 1.807) is 6.20 Å². The Kier molecular flexibility index (Phi) is 10.5. The van der Waals surface area contributed by atoms with Gasteiger partial charge in [-0.05, 0) is 103 Å². The zero-order valence-corrected chi connectivity index (χ0v) is 31.6. The van der Waals surface area contributed by atoms with E-state index in [0.717, 1.165) is 50.2 Å². The Balaban J connectivity index is 1.29. The number of aliphatic imine (C=N–C) groups is 2. The first-order valence-electron chi connectivity index (χ1n) is 18.9. The Morgan fingerprint density at radius 2 is 1.23 bits per heavy atom. The molecule has 0 aliphatic heterocycles. The van der Waals surface area contributed by atoms with Crippen LogP contribution in [0.4, 0.5) is 0 Å². The van der Waals surface area contributed by atoms with E-state index in [1.807, 2.05) is 55.8 Å². The summed E-state index contributed by atoms with van der Waals surface area (Å²) in [5.41, 5.74) is 12.9. The molecular formula is C53H41N3. The van der Waals surface area contributed by atoms with E-state index in [-0.39, 0.29) is 0 Å². The maximum atomic E-state index is 5.23. The molecule has 0 aliphatic rings. The van der Waals surface area contributed by atoms with Gasteiger partial charge in [-0.1, -0.05) is 176 Å². The van der Waals surface area contributed by atoms with Crippen LogP contribution in [0.25, 0.3) is 72.8 Å².